The van der Waals surface area contributed by atoms with E-state index in [0.29, 0.717) is 0 Å². The summed E-state index contributed by atoms with van der Waals surface area (Å²) in [6.45, 7) is 10.8. The fraction of sp³-hybridized carbons (Fsp3) is 0.250. The van der Waals surface area contributed by atoms with Gasteiger partial charge in [-0.05, 0) is 67.3 Å². The van der Waals surface area contributed by atoms with Crippen molar-refractivity contribution >= 4 is 17.9 Å². The van der Waals surface area contributed by atoms with Crippen molar-refractivity contribution in [1.82, 2.24) is 4.57 Å². The summed E-state index contributed by atoms with van der Waals surface area (Å²) in [5.41, 5.74) is 6.86. The zero-order chi connectivity index (χ0) is 20.5. The number of benzene rings is 2. The van der Waals surface area contributed by atoms with Gasteiger partial charge in [-0.15, -0.1) is 0 Å². The summed E-state index contributed by atoms with van der Waals surface area (Å²) in [6, 6.07) is 17.4. The van der Waals surface area contributed by atoms with Crippen LogP contribution in [0.25, 0.3) is 5.69 Å². The number of aliphatic imine (C=N–C) groups is 1. The molecule has 0 saturated heterocycles. The molecule has 4 heteroatoms. The average Bonchev–Trinajstić information content (AvgIpc) is 2.93. The SMILES string of the molecule is Cc1cc(C=Nc2ccc(C(=O)O)cc2)c(C)n1-c1ccc(C(C)(C)C)cc1. The molecule has 4 nitrogen and oxygen atoms in total. The van der Waals surface area contributed by atoms with Crippen molar-refractivity contribution in [2.45, 2.75) is 40.0 Å². The van der Waals surface area contributed by atoms with Gasteiger partial charge in [0.2, 0.25) is 0 Å². The molecule has 0 bridgehead atoms. The molecule has 1 heterocycles. The Labute approximate surface area is 166 Å². The van der Waals surface area contributed by atoms with Crippen LogP contribution in [0.15, 0.2) is 59.6 Å². The molecule has 0 amide bonds. The summed E-state index contributed by atoms with van der Waals surface area (Å²) in [7, 11) is 0. The monoisotopic (exact) mass is 374 g/mol. The van der Waals surface area contributed by atoms with Gasteiger partial charge in [0.15, 0.2) is 0 Å². The number of carboxylic acids is 1. The molecule has 0 unspecified atom stereocenters. The number of aromatic nitrogens is 1. The lowest BCUT2D eigenvalue weighted by atomic mass is 9.87. The highest BCUT2D eigenvalue weighted by atomic mass is 16.4. The van der Waals surface area contributed by atoms with Gasteiger partial charge in [-0.3, -0.25) is 4.99 Å². The molecule has 0 aliphatic heterocycles. The van der Waals surface area contributed by atoms with Crippen molar-refractivity contribution < 1.29 is 9.90 Å². The molecule has 1 N–H and O–H groups in total. The lowest BCUT2D eigenvalue weighted by molar-refractivity contribution is 0.0697. The molecule has 3 rings (SSSR count). The minimum Gasteiger partial charge on any atom is -0.478 e. The normalized spacial score (nSPS) is 11.9. The molecule has 0 aliphatic rings. The molecule has 0 radical (unpaired) electrons. The van der Waals surface area contributed by atoms with E-state index in [0.717, 1.165) is 28.3 Å². The maximum absolute atomic E-state index is 10.9. The van der Waals surface area contributed by atoms with E-state index < -0.39 is 5.97 Å². The Kier molecular flexibility index (Phi) is 5.23. The molecular formula is C24H26N2O2. The summed E-state index contributed by atoms with van der Waals surface area (Å²) in [6.07, 6.45) is 1.83. The van der Waals surface area contributed by atoms with Crippen molar-refractivity contribution in [3.8, 4) is 5.69 Å². The van der Waals surface area contributed by atoms with Crippen LogP contribution in [0.4, 0.5) is 5.69 Å². The second kappa shape index (κ2) is 7.47. The Hall–Kier alpha value is -3.14. The van der Waals surface area contributed by atoms with Crippen molar-refractivity contribution in [2.75, 3.05) is 0 Å². The molecule has 0 atom stereocenters. The van der Waals surface area contributed by atoms with Crippen molar-refractivity contribution in [1.29, 1.82) is 0 Å². The fourth-order valence-corrected chi connectivity index (χ4v) is 3.26. The first-order chi connectivity index (χ1) is 13.2. The third-order valence-corrected chi connectivity index (χ3v) is 4.93. The smallest absolute Gasteiger partial charge is 0.335 e. The molecule has 1 aromatic heterocycles. The summed E-state index contributed by atoms with van der Waals surface area (Å²) in [5, 5.41) is 8.98. The van der Waals surface area contributed by atoms with Gasteiger partial charge in [0.25, 0.3) is 0 Å². The zero-order valence-electron chi connectivity index (χ0n) is 17.0. The second-order valence-corrected chi connectivity index (χ2v) is 8.07. The first-order valence-electron chi connectivity index (χ1n) is 9.34. The van der Waals surface area contributed by atoms with Crippen LogP contribution in [-0.2, 0) is 5.41 Å². The maximum Gasteiger partial charge on any atom is 0.335 e. The molecule has 144 valence electrons. The number of hydrogen-bond donors (Lipinski definition) is 1. The van der Waals surface area contributed by atoms with Gasteiger partial charge < -0.3 is 9.67 Å². The molecular weight excluding hydrogens is 348 g/mol. The maximum atomic E-state index is 10.9. The highest BCUT2D eigenvalue weighted by molar-refractivity contribution is 5.88. The molecule has 0 saturated carbocycles. The van der Waals surface area contributed by atoms with Crippen LogP contribution in [-0.4, -0.2) is 21.9 Å². The quantitative estimate of drug-likeness (QED) is 0.583. The van der Waals surface area contributed by atoms with Crippen LogP contribution < -0.4 is 0 Å². The van der Waals surface area contributed by atoms with E-state index in [9.17, 15) is 4.79 Å². The highest BCUT2D eigenvalue weighted by Gasteiger charge is 2.14. The summed E-state index contributed by atoms with van der Waals surface area (Å²) < 4.78 is 2.22. The molecule has 28 heavy (non-hydrogen) atoms. The van der Waals surface area contributed by atoms with Gasteiger partial charge >= 0.3 is 5.97 Å². The third-order valence-electron chi connectivity index (χ3n) is 4.93. The number of aromatic carboxylic acids is 1. The lowest BCUT2D eigenvalue weighted by Gasteiger charge is -2.20. The van der Waals surface area contributed by atoms with E-state index in [1.165, 1.54) is 5.56 Å². The lowest BCUT2D eigenvalue weighted by Crippen LogP contribution is -2.11. The third kappa shape index (κ3) is 4.06. The van der Waals surface area contributed by atoms with Gasteiger partial charge in [-0.25, -0.2) is 4.79 Å². The largest absolute Gasteiger partial charge is 0.478 e. The van der Waals surface area contributed by atoms with E-state index in [2.05, 4.69) is 74.5 Å². The second-order valence-electron chi connectivity index (χ2n) is 8.07. The van der Waals surface area contributed by atoms with E-state index >= 15 is 0 Å². The average molecular weight is 374 g/mol. The molecule has 0 fully saturated rings. The summed E-state index contributed by atoms with van der Waals surface area (Å²) in [4.78, 5) is 15.4. The van der Waals surface area contributed by atoms with Gasteiger partial charge in [0, 0.05) is 28.9 Å². The van der Waals surface area contributed by atoms with Gasteiger partial charge in [-0.1, -0.05) is 32.9 Å². The summed E-state index contributed by atoms with van der Waals surface area (Å²) in [5.74, 6) is -0.934. The molecule has 0 aliphatic carbocycles. The number of nitrogens with zero attached hydrogens (tertiary/aromatic N) is 2. The Morgan fingerprint density at radius 2 is 1.61 bits per heavy atom. The van der Waals surface area contributed by atoms with E-state index in [1.54, 1.807) is 24.3 Å². The minimum absolute atomic E-state index is 0.132. The van der Waals surface area contributed by atoms with Crippen molar-refractivity contribution in [2.24, 2.45) is 4.99 Å². The van der Waals surface area contributed by atoms with Crippen molar-refractivity contribution in [3.63, 3.8) is 0 Å². The molecule has 2 aromatic carbocycles. The van der Waals surface area contributed by atoms with E-state index in [4.69, 9.17) is 5.11 Å². The van der Waals surface area contributed by atoms with Crippen LogP contribution in [0.2, 0.25) is 0 Å². The highest BCUT2D eigenvalue weighted by Crippen LogP contribution is 2.25. The minimum atomic E-state index is -0.934. The van der Waals surface area contributed by atoms with Gasteiger partial charge in [0.05, 0.1) is 11.3 Å². The number of carboxylic acid groups (broad SMARTS) is 1. The number of rotatable bonds is 4. The van der Waals surface area contributed by atoms with E-state index in [-0.39, 0.29) is 11.0 Å². The standard InChI is InChI=1S/C24H26N2O2/c1-16-14-19(15-25-21-10-6-18(7-11-21)23(27)28)17(2)26(16)22-12-8-20(9-13-22)24(3,4)5/h6-15H,1-5H3,(H,27,28). The Morgan fingerprint density at radius 3 is 2.14 bits per heavy atom. The fourth-order valence-electron chi connectivity index (χ4n) is 3.26. The zero-order valence-corrected chi connectivity index (χ0v) is 17.0. The van der Waals surface area contributed by atoms with Crippen LogP contribution in [0, 0.1) is 13.8 Å². The van der Waals surface area contributed by atoms with Crippen LogP contribution in [0.5, 0.6) is 0 Å². The Balaban J connectivity index is 1.88. The Bertz CT molecular complexity index is 1020. The van der Waals surface area contributed by atoms with Gasteiger partial charge in [-0.2, -0.15) is 0 Å². The van der Waals surface area contributed by atoms with E-state index in [1.807, 2.05) is 6.21 Å². The Morgan fingerprint density at radius 1 is 1.00 bits per heavy atom. The first kappa shape index (κ1) is 19.6. The number of aryl methyl sites for hydroxylation is 1. The van der Waals surface area contributed by atoms with Crippen LogP contribution in [0.3, 0.4) is 0 Å². The van der Waals surface area contributed by atoms with Crippen LogP contribution in [0.1, 0.15) is 53.6 Å². The predicted octanol–water partition coefficient (Wildman–Crippen LogP) is 5.84. The number of hydrogen-bond acceptors (Lipinski definition) is 2. The van der Waals surface area contributed by atoms with Crippen molar-refractivity contribution in [3.05, 3.63) is 82.7 Å². The topological polar surface area (TPSA) is 54.6 Å². The summed E-state index contributed by atoms with van der Waals surface area (Å²) >= 11 is 0. The van der Waals surface area contributed by atoms with Gasteiger partial charge in [0.1, 0.15) is 0 Å². The van der Waals surface area contributed by atoms with Crippen LogP contribution >= 0.6 is 0 Å². The predicted molar refractivity (Wildman–Crippen MR) is 115 cm³/mol. The molecule has 0 spiro atoms. The number of carbonyl (C=O) groups is 1. The molecule has 3 aromatic rings. The first-order valence-corrected chi connectivity index (χ1v) is 9.34.